The Morgan fingerprint density at radius 2 is 2.10 bits per heavy atom. The molecule has 0 bridgehead atoms. The molecule has 0 fully saturated rings. The summed E-state index contributed by atoms with van der Waals surface area (Å²) in [6.07, 6.45) is 0.402. The first-order valence-corrected chi connectivity index (χ1v) is 3.41. The molecule has 0 saturated heterocycles. The van der Waals surface area contributed by atoms with Crippen LogP contribution in [0.2, 0.25) is 0 Å². The van der Waals surface area contributed by atoms with Crippen molar-refractivity contribution in [2.45, 2.75) is 25.3 Å². The Kier molecular flexibility index (Phi) is 4.03. The Bertz CT molecular complexity index is 136. The summed E-state index contributed by atoms with van der Waals surface area (Å²) in [6, 6.07) is 0.0219. The average molecular weight is 164 g/mol. The molecule has 0 heterocycles. The molecule has 1 amide bonds. The standard InChI is InChI=1S/C6H10ClNO2/c1-4(2)8-6(10)5(7)3-9/h3-5H,1-2H3,(H,8,10). The van der Waals surface area contributed by atoms with Gasteiger partial charge in [0.15, 0.2) is 5.38 Å². The van der Waals surface area contributed by atoms with E-state index in [4.69, 9.17) is 11.6 Å². The molecule has 1 atom stereocenters. The van der Waals surface area contributed by atoms with Gasteiger partial charge in [-0.05, 0) is 13.8 Å². The topological polar surface area (TPSA) is 46.2 Å². The van der Waals surface area contributed by atoms with E-state index in [1.807, 2.05) is 0 Å². The molecule has 1 unspecified atom stereocenters. The van der Waals surface area contributed by atoms with Gasteiger partial charge in [0.05, 0.1) is 0 Å². The lowest BCUT2D eigenvalue weighted by Gasteiger charge is -2.07. The number of carbonyl (C=O) groups is 2. The number of hydrogen-bond donors (Lipinski definition) is 1. The second-order valence-electron chi connectivity index (χ2n) is 2.20. The number of carbonyl (C=O) groups excluding carboxylic acids is 2. The Labute approximate surface area is 64.7 Å². The van der Waals surface area contributed by atoms with E-state index in [0.29, 0.717) is 6.29 Å². The summed E-state index contributed by atoms with van der Waals surface area (Å²) in [4.78, 5) is 20.6. The molecule has 0 aliphatic rings. The maximum atomic E-state index is 10.7. The van der Waals surface area contributed by atoms with Crippen molar-refractivity contribution in [3.63, 3.8) is 0 Å². The number of rotatable bonds is 3. The number of amides is 1. The summed E-state index contributed by atoms with van der Waals surface area (Å²) in [5, 5.41) is 1.44. The van der Waals surface area contributed by atoms with Crippen LogP contribution in [0.25, 0.3) is 0 Å². The van der Waals surface area contributed by atoms with Gasteiger partial charge in [-0.1, -0.05) is 0 Å². The fraction of sp³-hybridized carbons (Fsp3) is 0.667. The summed E-state index contributed by atoms with van der Waals surface area (Å²) >= 11 is 5.28. The third kappa shape index (κ3) is 3.45. The summed E-state index contributed by atoms with van der Waals surface area (Å²) in [7, 11) is 0. The molecule has 0 aromatic carbocycles. The Hall–Kier alpha value is -0.570. The predicted octanol–water partition coefficient (Wildman–Crippen LogP) is 0.317. The number of halogens is 1. The van der Waals surface area contributed by atoms with Crippen LogP contribution in [-0.4, -0.2) is 23.6 Å². The van der Waals surface area contributed by atoms with Crippen LogP contribution >= 0.6 is 11.6 Å². The van der Waals surface area contributed by atoms with Crippen LogP contribution in [0.5, 0.6) is 0 Å². The van der Waals surface area contributed by atoms with E-state index in [9.17, 15) is 9.59 Å². The normalized spacial score (nSPS) is 12.8. The number of alkyl halides is 1. The van der Waals surface area contributed by atoms with Gasteiger partial charge in [0, 0.05) is 6.04 Å². The van der Waals surface area contributed by atoms with Crippen LogP contribution in [0.1, 0.15) is 13.8 Å². The lowest BCUT2D eigenvalue weighted by Crippen LogP contribution is -2.36. The zero-order valence-electron chi connectivity index (χ0n) is 5.93. The Balaban J connectivity index is 3.73. The van der Waals surface area contributed by atoms with Crippen molar-refractivity contribution in [1.29, 1.82) is 0 Å². The molecule has 0 radical (unpaired) electrons. The van der Waals surface area contributed by atoms with Crippen molar-refractivity contribution in [3.05, 3.63) is 0 Å². The van der Waals surface area contributed by atoms with Gasteiger partial charge >= 0.3 is 0 Å². The van der Waals surface area contributed by atoms with E-state index in [0.717, 1.165) is 0 Å². The van der Waals surface area contributed by atoms with Crippen LogP contribution < -0.4 is 5.32 Å². The van der Waals surface area contributed by atoms with E-state index in [1.54, 1.807) is 13.8 Å². The second kappa shape index (κ2) is 4.28. The van der Waals surface area contributed by atoms with Gasteiger partial charge < -0.3 is 10.1 Å². The summed E-state index contributed by atoms with van der Waals surface area (Å²) in [5.74, 6) is -0.438. The molecule has 0 aromatic heterocycles. The third-order valence-electron chi connectivity index (χ3n) is 0.801. The lowest BCUT2D eigenvalue weighted by molar-refractivity contribution is -0.123. The fourth-order valence-corrected chi connectivity index (χ4v) is 0.489. The van der Waals surface area contributed by atoms with Crippen LogP contribution in [0.3, 0.4) is 0 Å². The quantitative estimate of drug-likeness (QED) is 0.370. The summed E-state index contributed by atoms with van der Waals surface area (Å²) in [5.41, 5.74) is 0. The van der Waals surface area contributed by atoms with Crippen LogP contribution in [0, 0.1) is 0 Å². The van der Waals surface area contributed by atoms with Gasteiger partial charge in [0.25, 0.3) is 0 Å². The highest BCUT2D eigenvalue weighted by Gasteiger charge is 2.13. The van der Waals surface area contributed by atoms with E-state index in [-0.39, 0.29) is 6.04 Å². The van der Waals surface area contributed by atoms with Crippen molar-refractivity contribution in [3.8, 4) is 0 Å². The molecule has 0 saturated carbocycles. The van der Waals surface area contributed by atoms with Crippen LogP contribution in [0.4, 0.5) is 0 Å². The first kappa shape index (κ1) is 9.43. The van der Waals surface area contributed by atoms with Gasteiger partial charge in [-0.3, -0.25) is 4.79 Å². The van der Waals surface area contributed by atoms with Crippen molar-refractivity contribution in [2.75, 3.05) is 0 Å². The minimum atomic E-state index is -1.05. The molecule has 0 aromatic rings. The Morgan fingerprint density at radius 3 is 2.40 bits per heavy atom. The molecule has 0 aliphatic heterocycles. The van der Waals surface area contributed by atoms with Gasteiger partial charge in [-0.2, -0.15) is 0 Å². The molecule has 1 N–H and O–H groups in total. The average Bonchev–Trinajstić information content (AvgIpc) is 1.85. The first-order valence-electron chi connectivity index (χ1n) is 2.97. The minimum Gasteiger partial charge on any atom is -0.352 e. The largest absolute Gasteiger partial charge is 0.352 e. The molecule has 4 heteroatoms. The van der Waals surface area contributed by atoms with Crippen molar-refractivity contribution >= 4 is 23.8 Å². The van der Waals surface area contributed by atoms with Crippen molar-refractivity contribution in [2.24, 2.45) is 0 Å². The summed E-state index contributed by atoms with van der Waals surface area (Å²) in [6.45, 7) is 3.60. The molecular weight excluding hydrogens is 154 g/mol. The maximum absolute atomic E-state index is 10.7. The maximum Gasteiger partial charge on any atom is 0.245 e. The lowest BCUT2D eigenvalue weighted by atomic mass is 10.3. The van der Waals surface area contributed by atoms with Crippen LogP contribution in [0.15, 0.2) is 0 Å². The first-order chi connectivity index (χ1) is 4.57. The van der Waals surface area contributed by atoms with E-state index >= 15 is 0 Å². The smallest absolute Gasteiger partial charge is 0.245 e. The number of hydrogen-bond acceptors (Lipinski definition) is 2. The highest BCUT2D eigenvalue weighted by atomic mass is 35.5. The molecular formula is C6H10ClNO2. The molecule has 58 valence electrons. The summed E-state index contributed by atoms with van der Waals surface area (Å²) < 4.78 is 0. The van der Waals surface area contributed by atoms with Crippen LogP contribution in [-0.2, 0) is 9.59 Å². The van der Waals surface area contributed by atoms with Crippen molar-refractivity contribution < 1.29 is 9.59 Å². The van der Waals surface area contributed by atoms with Gasteiger partial charge in [0.2, 0.25) is 5.91 Å². The minimum absolute atomic E-state index is 0.0219. The van der Waals surface area contributed by atoms with Gasteiger partial charge in [-0.15, -0.1) is 11.6 Å². The number of aldehydes is 1. The van der Waals surface area contributed by atoms with E-state index < -0.39 is 11.3 Å². The highest BCUT2D eigenvalue weighted by Crippen LogP contribution is 1.91. The molecule has 0 spiro atoms. The number of nitrogens with one attached hydrogen (secondary N) is 1. The fourth-order valence-electron chi connectivity index (χ4n) is 0.426. The monoisotopic (exact) mass is 163 g/mol. The molecule has 0 aliphatic carbocycles. The zero-order valence-corrected chi connectivity index (χ0v) is 6.68. The predicted molar refractivity (Wildman–Crippen MR) is 39.0 cm³/mol. The van der Waals surface area contributed by atoms with Crippen molar-refractivity contribution in [1.82, 2.24) is 5.32 Å². The molecule has 10 heavy (non-hydrogen) atoms. The Morgan fingerprint density at radius 1 is 1.60 bits per heavy atom. The molecule has 0 rings (SSSR count). The highest BCUT2D eigenvalue weighted by molar-refractivity contribution is 6.38. The van der Waals surface area contributed by atoms with Gasteiger partial charge in [-0.25, -0.2) is 0 Å². The molecule has 3 nitrogen and oxygen atoms in total. The van der Waals surface area contributed by atoms with E-state index in [2.05, 4.69) is 5.32 Å². The SMILES string of the molecule is CC(C)NC(=O)C(Cl)C=O. The van der Waals surface area contributed by atoms with E-state index in [1.165, 1.54) is 0 Å². The third-order valence-corrected chi connectivity index (χ3v) is 1.10. The zero-order chi connectivity index (χ0) is 8.15. The van der Waals surface area contributed by atoms with Gasteiger partial charge in [0.1, 0.15) is 6.29 Å². The second-order valence-corrected chi connectivity index (χ2v) is 2.67.